The standard InChI is InChI=1S/C14H16F6N2O2.ClH/c1-23-11-3-2-9(24-14(18,19)20)8-10(11)12(13(15,16)17)22-6-4-21-5-7-22;/h2-3,8,12,21H,4-7H2,1H3;1H/t12-;/m1./s1. The number of piperazine rings is 1. The molecule has 144 valence electrons. The largest absolute Gasteiger partial charge is 0.573 e. The van der Waals surface area contributed by atoms with E-state index in [4.69, 9.17) is 4.74 Å². The monoisotopic (exact) mass is 394 g/mol. The summed E-state index contributed by atoms with van der Waals surface area (Å²) in [7, 11) is 1.16. The number of hydrogen-bond acceptors (Lipinski definition) is 4. The SMILES string of the molecule is COc1ccc(OC(F)(F)F)cc1[C@@H](N1CCNCC1)C(F)(F)F.Cl. The minimum Gasteiger partial charge on any atom is -0.496 e. The van der Waals surface area contributed by atoms with Crippen LogP contribution in [-0.4, -0.2) is 50.7 Å². The Morgan fingerprint density at radius 3 is 2.16 bits per heavy atom. The first-order valence-corrected chi connectivity index (χ1v) is 7.07. The molecule has 1 aromatic carbocycles. The molecule has 25 heavy (non-hydrogen) atoms. The molecule has 1 N–H and O–H groups in total. The molecule has 0 aliphatic carbocycles. The number of alkyl halides is 6. The van der Waals surface area contributed by atoms with E-state index in [1.807, 2.05) is 0 Å². The summed E-state index contributed by atoms with van der Waals surface area (Å²) in [5, 5.41) is 2.93. The molecule has 1 atom stereocenters. The first-order valence-electron chi connectivity index (χ1n) is 7.07. The van der Waals surface area contributed by atoms with Crippen molar-refractivity contribution >= 4 is 12.4 Å². The van der Waals surface area contributed by atoms with Gasteiger partial charge >= 0.3 is 12.5 Å². The van der Waals surface area contributed by atoms with Gasteiger partial charge in [0.05, 0.1) is 7.11 Å². The van der Waals surface area contributed by atoms with Crippen molar-refractivity contribution in [2.45, 2.75) is 18.6 Å². The van der Waals surface area contributed by atoms with Crippen molar-refractivity contribution in [3.05, 3.63) is 23.8 Å². The first kappa shape index (κ1) is 21.7. The van der Waals surface area contributed by atoms with Gasteiger partial charge in [0, 0.05) is 31.7 Å². The third-order valence-corrected chi connectivity index (χ3v) is 3.56. The van der Waals surface area contributed by atoms with Crippen molar-refractivity contribution in [3.8, 4) is 11.5 Å². The fourth-order valence-electron chi connectivity index (χ4n) is 2.64. The molecule has 0 unspecified atom stereocenters. The Kier molecular flexibility index (Phi) is 7.21. The van der Waals surface area contributed by atoms with E-state index in [2.05, 4.69) is 10.1 Å². The number of hydrogen-bond donors (Lipinski definition) is 1. The zero-order chi connectivity index (χ0) is 18.0. The van der Waals surface area contributed by atoms with Crippen molar-refractivity contribution in [2.75, 3.05) is 33.3 Å². The average molecular weight is 395 g/mol. The Labute approximate surface area is 146 Å². The predicted molar refractivity (Wildman–Crippen MR) is 80.2 cm³/mol. The van der Waals surface area contributed by atoms with E-state index in [0.29, 0.717) is 13.1 Å². The quantitative estimate of drug-likeness (QED) is 0.792. The molecule has 0 saturated carbocycles. The van der Waals surface area contributed by atoms with Gasteiger partial charge in [0.15, 0.2) is 0 Å². The van der Waals surface area contributed by atoms with E-state index in [-0.39, 0.29) is 31.2 Å². The van der Waals surface area contributed by atoms with Crippen molar-refractivity contribution in [1.82, 2.24) is 10.2 Å². The molecule has 0 spiro atoms. The summed E-state index contributed by atoms with van der Waals surface area (Å²) in [5.74, 6) is -0.868. The van der Waals surface area contributed by atoms with Gasteiger partial charge in [-0.3, -0.25) is 4.90 Å². The molecule has 1 aromatic rings. The molecule has 0 aromatic heterocycles. The van der Waals surface area contributed by atoms with E-state index in [1.54, 1.807) is 0 Å². The molecular weight excluding hydrogens is 378 g/mol. The van der Waals surface area contributed by atoms with Crippen LogP contribution in [0.3, 0.4) is 0 Å². The van der Waals surface area contributed by atoms with Gasteiger partial charge in [0.1, 0.15) is 17.5 Å². The highest BCUT2D eigenvalue weighted by molar-refractivity contribution is 5.85. The van der Waals surface area contributed by atoms with E-state index >= 15 is 0 Å². The van der Waals surface area contributed by atoms with Crippen molar-refractivity contribution < 1.29 is 35.8 Å². The van der Waals surface area contributed by atoms with Crippen LogP contribution in [-0.2, 0) is 0 Å². The molecule has 0 amide bonds. The van der Waals surface area contributed by atoms with Crippen molar-refractivity contribution in [1.29, 1.82) is 0 Å². The first-order chi connectivity index (χ1) is 11.1. The lowest BCUT2D eigenvalue weighted by atomic mass is 10.0. The van der Waals surface area contributed by atoms with Gasteiger partial charge < -0.3 is 14.8 Å². The normalized spacial score (nSPS) is 17.6. The summed E-state index contributed by atoms with van der Waals surface area (Å²) in [4.78, 5) is 1.16. The van der Waals surface area contributed by atoms with Crippen LogP contribution >= 0.6 is 12.4 Å². The van der Waals surface area contributed by atoms with Gasteiger partial charge in [-0.2, -0.15) is 13.2 Å². The lowest BCUT2D eigenvalue weighted by molar-refractivity contribution is -0.274. The van der Waals surface area contributed by atoms with Crippen LogP contribution in [0.25, 0.3) is 0 Å². The number of halogens is 7. The lowest BCUT2D eigenvalue weighted by Gasteiger charge is -2.36. The Balaban J connectivity index is 0.00000312. The van der Waals surface area contributed by atoms with Crippen LogP contribution in [0.2, 0.25) is 0 Å². The summed E-state index contributed by atoms with van der Waals surface area (Å²) >= 11 is 0. The molecule has 1 aliphatic heterocycles. The second-order valence-electron chi connectivity index (χ2n) is 5.18. The van der Waals surface area contributed by atoms with E-state index < -0.39 is 29.9 Å². The Morgan fingerprint density at radius 1 is 1.08 bits per heavy atom. The highest BCUT2D eigenvalue weighted by Crippen LogP contribution is 2.43. The number of nitrogens with zero attached hydrogens (tertiary/aromatic N) is 1. The fourth-order valence-corrected chi connectivity index (χ4v) is 2.64. The fraction of sp³-hybridized carbons (Fsp3) is 0.571. The van der Waals surface area contributed by atoms with Crippen LogP contribution in [0.15, 0.2) is 18.2 Å². The van der Waals surface area contributed by atoms with Gasteiger partial charge in [-0.1, -0.05) is 0 Å². The molecule has 1 fully saturated rings. The number of methoxy groups -OCH3 is 1. The third-order valence-electron chi connectivity index (χ3n) is 3.56. The van der Waals surface area contributed by atoms with Gasteiger partial charge in [-0.05, 0) is 18.2 Å². The van der Waals surface area contributed by atoms with E-state index in [0.717, 1.165) is 30.2 Å². The van der Waals surface area contributed by atoms with Gasteiger partial charge in [0.25, 0.3) is 0 Å². The molecule has 1 heterocycles. The second kappa shape index (κ2) is 8.33. The highest BCUT2D eigenvalue weighted by atomic mass is 35.5. The Hall–Kier alpha value is -1.39. The molecule has 1 aliphatic rings. The highest BCUT2D eigenvalue weighted by Gasteiger charge is 2.46. The van der Waals surface area contributed by atoms with Crippen molar-refractivity contribution in [2.24, 2.45) is 0 Å². The topological polar surface area (TPSA) is 33.7 Å². The maximum absolute atomic E-state index is 13.6. The van der Waals surface area contributed by atoms with Crippen LogP contribution in [0.1, 0.15) is 11.6 Å². The summed E-state index contributed by atoms with van der Waals surface area (Å²) in [6, 6.07) is 0.608. The van der Waals surface area contributed by atoms with Crippen molar-refractivity contribution in [3.63, 3.8) is 0 Å². The molecule has 11 heteroatoms. The maximum Gasteiger partial charge on any atom is 0.573 e. The maximum atomic E-state index is 13.6. The average Bonchev–Trinajstić information content (AvgIpc) is 2.46. The van der Waals surface area contributed by atoms with Crippen LogP contribution in [0.4, 0.5) is 26.3 Å². The lowest BCUT2D eigenvalue weighted by Crippen LogP contribution is -2.49. The summed E-state index contributed by atoms with van der Waals surface area (Å²) in [6.07, 6.45) is -9.67. The van der Waals surface area contributed by atoms with Crippen LogP contribution in [0.5, 0.6) is 11.5 Å². The summed E-state index contributed by atoms with van der Waals surface area (Å²) in [5.41, 5.74) is -0.409. The molecule has 0 bridgehead atoms. The molecule has 0 radical (unpaired) electrons. The zero-order valence-corrected chi connectivity index (χ0v) is 13.9. The Bertz CT molecular complexity index is 561. The third kappa shape index (κ3) is 5.82. The summed E-state index contributed by atoms with van der Waals surface area (Å²) < 4.78 is 86.5. The second-order valence-corrected chi connectivity index (χ2v) is 5.18. The molecule has 2 rings (SSSR count). The minimum absolute atomic E-state index is 0. The van der Waals surface area contributed by atoms with Gasteiger partial charge in [-0.15, -0.1) is 25.6 Å². The zero-order valence-electron chi connectivity index (χ0n) is 13.1. The predicted octanol–water partition coefficient (Wildman–Crippen LogP) is 3.52. The van der Waals surface area contributed by atoms with Gasteiger partial charge in [0.2, 0.25) is 0 Å². The molecule has 4 nitrogen and oxygen atoms in total. The smallest absolute Gasteiger partial charge is 0.496 e. The van der Waals surface area contributed by atoms with E-state index in [9.17, 15) is 26.3 Å². The molecule has 1 saturated heterocycles. The Morgan fingerprint density at radius 2 is 1.68 bits per heavy atom. The number of rotatable bonds is 4. The molecular formula is C14H17ClF6N2O2. The minimum atomic E-state index is -4.99. The van der Waals surface area contributed by atoms with Gasteiger partial charge in [-0.25, -0.2) is 0 Å². The van der Waals surface area contributed by atoms with Crippen LogP contribution in [0, 0.1) is 0 Å². The number of nitrogens with one attached hydrogen (secondary N) is 1. The summed E-state index contributed by atoms with van der Waals surface area (Å²) in [6.45, 7) is 0.927. The van der Waals surface area contributed by atoms with Crippen LogP contribution < -0.4 is 14.8 Å². The number of ether oxygens (including phenoxy) is 2. The number of benzene rings is 1. The van der Waals surface area contributed by atoms with E-state index in [1.165, 1.54) is 0 Å².